The molecule has 0 saturated carbocycles. The first-order chi connectivity index (χ1) is 46.2. The molecule has 2 heterocycles. The summed E-state index contributed by atoms with van der Waals surface area (Å²) in [6, 6.07) is 24.6. The Kier molecular flexibility index (Phi) is 31.5. The number of carbonyl (C=O) groups is 4. The molecule has 0 fully saturated rings. The van der Waals surface area contributed by atoms with Crippen LogP contribution in [0.4, 0.5) is 22.7 Å². The Hall–Kier alpha value is -6.22. The van der Waals surface area contributed by atoms with Crippen molar-refractivity contribution in [3.63, 3.8) is 0 Å². The van der Waals surface area contributed by atoms with Crippen molar-refractivity contribution < 1.29 is 97.3 Å². The number of aliphatic hydroxyl groups excluding tert-OH is 12. The number of hydrogen-bond donors (Lipinski definition) is 16. The number of carbonyl (C=O) groups excluding carboxylic acids is 4. The minimum absolute atomic E-state index is 0.0675. The van der Waals surface area contributed by atoms with Gasteiger partial charge in [0.25, 0.3) is 11.8 Å². The average Bonchev–Trinajstić information content (AvgIpc) is 1.59. The molecule has 2 aliphatic rings. The van der Waals surface area contributed by atoms with Crippen LogP contribution >= 0.6 is 0 Å². The Morgan fingerprint density at radius 3 is 1.17 bits per heavy atom. The predicted octanol–water partition coefficient (Wildman–Crippen LogP) is 2.56. The number of amides is 4. The van der Waals surface area contributed by atoms with E-state index in [1.165, 1.54) is 0 Å². The number of benzene rings is 4. The van der Waals surface area contributed by atoms with Crippen LogP contribution in [0.25, 0.3) is 0 Å². The largest absolute Gasteiger partial charge is 0.394 e. The zero-order valence-corrected chi connectivity index (χ0v) is 59.1. The number of rotatable bonds is 34. The number of nitrogens with zero attached hydrogens (tertiary/aromatic N) is 2. The summed E-state index contributed by atoms with van der Waals surface area (Å²) >= 11 is 0. The lowest BCUT2D eigenvalue weighted by Gasteiger charge is -2.39. The minimum atomic E-state index is -3.74. The fourth-order valence-electron chi connectivity index (χ4n) is 12.9. The molecule has 0 radical (unpaired) electrons. The first-order valence-corrected chi connectivity index (χ1v) is 37.0. The van der Waals surface area contributed by atoms with Gasteiger partial charge in [-0.15, -0.1) is 0 Å². The van der Waals surface area contributed by atoms with E-state index in [1.54, 1.807) is 60.7 Å². The van der Waals surface area contributed by atoms with Crippen molar-refractivity contribution in [3.8, 4) is 0 Å². The Balaban J connectivity index is 0.000000354. The molecule has 28 heteroatoms. The quantitative estimate of drug-likeness (QED) is 0.0299. The van der Waals surface area contributed by atoms with E-state index in [0.717, 1.165) is 37.1 Å². The first-order valence-electron chi connectivity index (χ1n) is 33.7. The van der Waals surface area contributed by atoms with Crippen molar-refractivity contribution in [2.75, 3.05) is 86.4 Å². The predicted molar refractivity (Wildman–Crippen MR) is 372 cm³/mol. The molecule has 0 saturated heterocycles. The smallest absolute Gasteiger partial charge is 0.251 e. The third kappa shape index (κ3) is 21.0. The molecule has 0 aliphatic carbocycles. The second kappa shape index (κ2) is 37.5. The lowest BCUT2D eigenvalue weighted by atomic mass is 9.69. The number of sulfone groups is 2. The van der Waals surface area contributed by atoms with Crippen molar-refractivity contribution >= 4 is 66.1 Å². The second-order valence-corrected chi connectivity index (χ2v) is 30.3. The number of anilines is 4. The monoisotopic (exact) mass is 1410 g/mol. The molecular weight excluding hydrogens is 1310 g/mol. The standard InChI is InChI=1S/2C35H53N3O10S/c2*1-5-7-16-35(6-2)21-49(47,48)27-15-14-24(38(3)4)19-25(27)29(33(35)45)22-11-10-12-23(18-22)37-28(41)13-8-9-17-36-34(46)32(44)31(43)30(42)26(40)20-39/h2*10-12,14-15,18-19,26,29-33,39-40,42-45H,5-9,13,16-17,20-21H2,1-4H3,(H,36,46)(H,37,41)/t26-,29+,30-,31+,32-,33+,35+;26-,29-,30-,31+,32-,33-,35-/m11/s1. The molecule has 26 nitrogen and oxygen atoms in total. The zero-order valence-electron chi connectivity index (χ0n) is 57.5. The van der Waals surface area contributed by atoms with E-state index < -0.39 is 128 Å². The number of aliphatic hydroxyl groups is 12. The number of nitrogens with one attached hydrogen (secondary N) is 4. The van der Waals surface area contributed by atoms with Gasteiger partial charge < -0.3 is 92.3 Å². The van der Waals surface area contributed by atoms with Gasteiger partial charge in [-0.2, -0.15) is 0 Å². The molecule has 14 atom stereocenters. The fraction of sp³-hybridized carbons (Fsp3) is 0.600. The van der Waals surface area contributed by atoms with Crippen LogP contribution in [0.2, 0.25) is 0 Å². The van der Waals surface area contributed by atoms with E-state index in [9.17, 15) is 87.1 Å². The van der Waals surface area contributed by atoms with Gasteiger partial charge in [-0.1, -0.05) is 77.6 Å². The van der Waals surface area contributed by atoms with E-state index in [4.69, 9.17) is 10.2 Å². The average molecular weight is 1420 g/mol. The van der Waals surface area contributed by atoms with Gasteiger partial charge >= 0.3 is 0 Å². The summed E-state index contributed by atoms with van der Waals surface area (Å²) in [5, 5.41) is 130. The summed E-state index contributed by atoms with van der Waals surface area (Å²) < 4.78 is 55.6. The summed E-state index contributed by atoms with van der Waals surface area (Å²) in [7, 11) is -0.0180. The first kappa shape index (κ1) is 82.4. The van der Waals surface area contributed by atoms with E-state index in [0.29, 0.717) is 85.0 Å². The summed E-state index contributed by atoms with van der Waals surface area (Å²) in [6.07, 6.45) is -10.5. The molecule has 2 aliphatic heterocycles. The molecule has 4 aromatic carbocycles. The highest BCUT2D eigenvalue weighted by Crippen LogP contribution is 2.51. The second-order valence-electron chi connectivity index (χ2n) is 26.4. The Bertz CT molecular complexity index is 3270. The fourth-order valence-corrected chi connectivity index (χ4v) is 17.4. The van der Waals surface area contributed by atoms with Gasteiger partial charge in [0.2, 0.25) is 11.8 Å². The number of hydrogen-bond acceptors (Lipinski definition) is 22. The minimum Gasteiger partial charge on any atom is -0.394 e. The van der Waals surface area contributed by atoms with Gasteiger partial charge in [-0.25, -0.2) is 16.8 Å². The highest BCUT2D eigenvalue weighted by atomic mass is 32.2. The number of unbranched alkanes of at least 4 members (excludes halogenated alkanes) is 4. The van der Waals surface area contributed by atoms with Crippen LogP contribution in [0.5, 0.6) is 0 Å². The van der Waals surface area contributed by atoms with Crippen molar-refractivity contribution in [2.24, 2.45) is 10.8 Å². The van der Waals surface area contributed by atoms with E-state index in [1.807, 2.05) is 90.0 Å². The van der Waals surface area contributed by atoms with Crippen molar-refractivity contribution in [3.05, 3.63) is 107 Å². The summed E-state index contributed by atoms with van der Waals surface area (Å²) in [5.74, 6) is -4.23. The van der Waals surface area contributed by atoms with Gasteiger partial charge in [0.1, 0.15) is 36.6 Å². The van der Waals surface area contributed by atoms with Gasteiger partial charge in [0, 0.05) is 99.5 Å². The summed E-state index contributed by atoms with van der Waals surface area (Å²) in [4.78, 5) is 54.1. The molecule has 98 heavy (non-hydrogen) atoms. The van der Waals surface area contributed by atoms with E-state index >= 15 is 0 Å². The molecular formula is C70H106N6O20S2. The summed E-state index contributed by atoms with van der Waals surface area (Å²) in [5.41, 5.74) is 3.21. The maximum absolute atomic E-state index is 13.9. The molecule has 0 aromatic heterocycles. The van der Waals surface area contributed by atoms with E-state index in [2.05, 4.69) is 21.3 Å². The lowest BCUT2D eigenvalue weighted by molar-refractivity contribution is -0.149. The van der Waals surface area contributed by atoms with Crippen molar-refractivity contribution in [1.29, 1.82) is 0 Å². The molecule has 0 bridgehead atoms. The molecule has 4 amide bonds. The third-order valence-electron chi connectivity index (χ3n) is 19.0. The highest BCUT2D eigenvalue weighted by Gasteiger charge is 2.51. The topological polar surface area (TPSA) is 434 Å². The van der Waals surface area contributed by atoms with Gasteiger partial charge in [-0.3, -0.25) is 19.2 Å². The molecule has 4 aromatic rings. The third-order valence-corrected chi connectivity index (χ3v) is 23.0. The molecule has 548 valence electrons. The lowest BCUT2D eigenvalue weighted by Crippen LogP contribution is -2.51. The van der Waals surface area contributed by atoms with Gasteiger partial charge in [-0.05, 0) is 134 Å². The Morgan fingerprint density at radius 1 is 0.500 bits per heavy atom. The molecule has 0 spiro atoms. The highest BCUT2D eigenvalue weighted by molar-refractivity contribution is 7.91. The van der Waals surface area contributed by atoms with Crippen molar-refractivity contribution in [2.45, 2.75) is 200 Å². The van der Waals surface area contributed by atoms with Crippen molar-refractivity contribution in [1.82, 2.24) is 10.6 Å². The maximum atomic E-state index is 13.9. The van der Waals surface area contributed by atoms with Gasteiger partial charge in [0.15, 0.2) is 31.9 Å². The van der Waals surface area contributed by atoms with Crippen LogP contribution in [-0.2, 0) is 38.9 Å². The van der Waals surface area contributed by atoms with Crippen LogP contribution in [0.15, 0.2) is 94.7 Å². The number of fused-ring (bicyclic) bond motifs is 2. The zero-order chi connectivity index (χ0) is 73.0. The van der Waals surface area contributed by atoms with Crippen LogP contribution in [0.3, 0.4) is 0 Å². The van der Waals surface area contributed by atoms with Crippen LogP contribution in [0.1, 0.15) is 152 Å². The normalized spacial score (nSPS) is 22.6. The Morgan fingerprint density at radius 2 is 0.857 bits per heavy atom. The summed E-state index contributed by atoms with van der Waals surface area (Å²) in [6.45, 7) is 6.33. The molecule has 16 N–H and O–H groups in total. The SMILES string of the molecule is CCCC[C@@]1(CC)CS(=O)(=O)c2ccc(N(C)C)cc2[C@H](c2cccc(NC(=O)CCCCNC(=O)[C@H](O)[C@@H](O)[C@H](O)[C@H](O)CO)c2)[C@@H]1O.CCCC[C@]1(CC)CS(=O)(=O)c2ccc(N(C)C)cc2[C@@H](c2cccc(NC(=O)CCCCNC(=O)[C@H](O)[C@@H](O)[C@H](O)[C@H](O)CO)c2)[C@H]1O. The van der Waals surface area contributed by atoms with Gasteiger partial charge in [0.05, 0.1) is 46.7 Å². The Labute approximate surface area is 576 Å². The molecule has 6 rings (SSSR count). The van der Waals surface area contributed by atoms with Crippen LogP contribution in [-0.4, -0.2) is 229 Å². The van der Waals surface area contributed by atoms with Crippen LogP contribution in [0, 0.1) is 10.8 Å². The maximum Gasteiger partial charge on any atom is 0.251 e. The molecule has 0 unspecified atom stereocenters. The van der Waals surface area contributed by atoms with E-state index in [-0.39, 0.29) is 59.0 Å². The van der Waals surface area contributed by atoms with Crippen LogP contribution < -0.4 is 31.1 Å².